The molecule has 1 rings (SSSR count). The predicted molar refractivity (Wildman–Crippen MR) is 92.9 cm³/mol. The largest absolute Gasteiger partial charge is 0.356 e. The zero-order valence-electron chi connectivity index (χ0n) is 14.3. The molecule has 0 aromatic heterocycles. The summed E-state index contributed by atoms with van der Waals surface area (Å²) >= 11 is 0. The number of rotatable bonds is 9. The maximum absolute atomic E-state index is 4.40. The summed E-state index contributed by atoms with van der Waals surface area (Å²) in [7, 11) is 4.01. The first kappa shape index (κ1) is 18.0. The number of guanidine groups is 1. The van der Waals surface area contributed by atoms with Crippen LogP contribution >= 0.6 is 0 Å². The zero-order chi connectivity index (χ0) is 15.5. The van der Waals surface area contributed by atoms with Gasteiger partial charge in [0, 0.05) is 33.7 Å². The predicted octanol–water partition coefficient (Wildman–Crippen LogP) is 2.58. The fraction of sp³-hybridized carbons (Fsp3) is 0.824. The van der Waals surface area contributed by atoms with E-state index in [1.807, 2.05) is 13.1 Å². The third kappa shape index (κ3) is 6.98. The normalized spacial score (nSPS) is 19.8. The summed E-state index contributed by atoms with van der Waals surface area (Å²) < 4.78 is 0. The van der Waals surface area contributed by atoms with Gasteiger partial charge in [0.05, 0.1) is 0 Å². The molecule has 1 atom stereocenters. The standard InChI is InChI=1S/C17H34N4/c1-5-7-8-9-10-12-20(4)17(18-3)19-14-16-11-13-21(6-2)15-16/h5,16H,1,6-15H2,2-4H3,(H,18,19). The summed E-state index contributed by atoms with van der Waals surface area (Å²) in [5, 5.41) is 3.54. The number of likely N-dealkylation sites (tertiary alicyclic amines) is 1. The second-order valence-corrected chi connectivity index (χ2v) is 6.04. The Morgan fingerprint density at radius 2 is 2.24 bits per heavy atom. The van der Waals surface area contributed by atoms with Gasteiger partial charge in [0.15, 0.2) is 5.96 Å². The lowest BCUT2D eigenvalue weighted by atomic mass is 10.1. The molecule has 21 heavy (non-hydrogen) atoms. The molecule has 0 spiro atoms. The van der Waals surface area contributed by atoms with Gasteiger partial charge >= 0.3 is 0 Å². The number of allylic oxidation sites excluding steroid dienone is 1. The van der Waals surface area contributed by atoms with Crippen LogP contribution in [0.5, 0.6) is 0 Å². The molecule has 0 saturated carbocycles. The van der Waals surface area contributed by atoms with Gasteiger partial charge in [0.25, 0.3) is 0 Å². The molecule has 122 valence electrons. The van der Waals surface area contributed by atoms with Crippen LogP contribution in [0.15, 0.2) is 17.6 Å². The monoisotopic (exact) mass is 294 g/mol. The Balaban J connectivity index is 2.19. The zero-order valence-corrected chi connectivity index (χ0v) is 14.3. The van der Waals surface area contributed by atoms with E-state index in [4.69, 9.17) is 0 Å². The fourth-order valence-electron chi connectivity index (χ4n) is 2.91. The Bertz CT molecular complexity index is 314. The molecule has 0 radical (unpaired) electrons. The molecule has 1 saturated heterocycles. The van der Waals surface area contributed by atoms with Crippen molar-refractivity contribution in [2.75, 3.05) is 46.8 Å². The first-order valence-electron chi connectivity index (χ1n) is 8.46. The van der Waals surface area contributed by atoms with Crippen LogP contribution in [0, 0.1) is 5.92 Å². The van der Waals surface area contributed by atoms with E-state index in [9.17, 15) is 0 Å². The van der Waals surface area contributed by atoms with Crippen molar-refractivity contribution >= 4 is 5.96 Å². The minimum absolute atomic E-state index is 0.766. The average molecular weight is 294 g/mol. The van der Waals surface area contributed by atoms with Gasteiger partial charge in [-0.3, -0.25) is 4.99 Å². The van der Waals surface area contributed by atoms with Crippen LogP contribution < -0.4 is 5.32 Å². The highest BCUT2D eigenvalue weighted by Crippen LogP contribution is 2.14. The lowest BCUT2D eigenvalue weighted by Gasteiger charge is -2.23. The van der Waals surface area contributed by atoms with E-state index >= 15 is 0 Å². The van der Waals surface area contributed by atoms with Crippen LogP contribution in [0.3, 0.4) is 0 Å². The topological polar surface area (TPSA) is 30.9 Å². The van der Waals surface area contributed by atoms with Crippen molar-refractivity contribution in [2.24, 2.45) is 10.9 Å². The van der Waals surface area contributed by atoms with Gasteiger partial charge in [-0.2, -0.15) is 0 Å². The van der Waals surface area contributed by atoms with Gasteiger partial charge in [0.1, 0.15) is 0 Å². The van der Waals surface area contributed by atoms with Crippen molar-refractivity contribution in [3.63, 3.8) is 0 Å². The van der Waals surface area contributed by atoms with Gasteiger partial charge in [-0.1, -0.05) is 19.4 Å². The SMILES string of the molecule is C=CCCCCCN(C)C(=NC)NCC1CCN(CC)C1. The first-order valence-corrected chi connectivity index (χ1v) is 8.46. The van der Waals surface area contributed by atoms with Crippen LogP contribution in [0.1, 0.15) is 39.0 Å². The molecule has 1 heterocycles. The number of hydrogen-bond donors (Lipinski definition) is 1. The van der Waals surface area contributed by atoms with Crippen LogP contribution in [0.25, 0.3) is 0 Å². The molecule has 1 aliphatic heterocycles. The molecule has 0 aliphatic carbocycles. The summed E-state index contributed by atoms with van der Waals surface area (Å²) in [5.41, 5.74) is 0. The maximum Gasteiger partial charge on any atom is 0.193 e. The first-order chi connectivity index (χ1) is 10.2. The van der Waals surface area contributed by atoms with Crippen LogP contribution in [-0.4, -0.2) is 62.6 Å². The highest BCUT2D eigenvalue weighted by molar-refractivity contribution is 5.79. The minimum Gasteiger partial charge on any atom is -0.356 e. The van der Waals surface area contributed by atoms with Gasteiger partial charge < -0.3 is 15.1 Å². The molecule has 1 fully saturated rings. The minimum atomic E-state index is 0.766. The summed E-state index contributed by atoms with van der Waals surface area (Å²) in [5.74, 6) is 1.80. The lowest BCUT2D eigenvalue weighted by molar-refractivity contribution is 0.340. The Hall–Kier alpha value is -1.03. The maximum atomic E-state index is 4.40. The van der Waals surface area contributed by atoms with Gasteiger partial charge in [0.2, 0.25) is 0 Å². The highest BCUT2D eigenvalue weighted by atomic mass is 15.3. The third-order valence-corrected chi connectivity index (χ3v) is 4.34. The van der Waals surface area contributed by atoms with Crippen LogP contribution in [0.2, 0.25) is 0 Å². The van der Waals surface area contributed by atoms with Crippen molar-refractivity contribution in [1.82, 2.24) is 15.1 Å². The number of aliphatic imine (C=N–C) groups is 1. The van der Waals surface area contributed by atoms with E-state index in [0.29, 0.717) is 0 Å². The van der Waals surface area contributed by atoms with Crippen molar-refractivity contribution in [3.05, 3.63) is 12.7 Å². The smallest absolute Gasteiger partial charge is 0.193 e. The van der Waals surface area contributed by atoms with E-state index in [1.54, 1.807) is 0 Å². The van der Waals surface area contributed by atoms with Crippen molar-refractivity contribution < 1.29 is 0 Å². The summed E-state index contributed by atoms with van der Waals surface area (Å²) in [4.78, 5) is 9.18. The number of unbranched alkanes of at least 4 members (excludes halogenated alkanes) is 3. The summed E-state index contributed by atoms with van der Waals surface area (Å²) in [6.07, 6.45) is 8.18. The van der Waals surface area contributed by atoms with E-state index < -0.39 is 0 Å². The second-order valence-electron chi connectivity index (χ2n) is 6.04. The second kappa shape index (κ2) is 10.7. The fourth-order valence-corrected chi connectivity index (χ4v) is 2.91. The lowest BCUT2D eigenvalue weighted by Crippen LogP contribution is -2.41. The molecule has 1 N–H and O–H groups in total. The van der Waals surface area contributed by atoms with E-state index in [-0.39, 0.29) is 0 Å². The molecular formula is C17H34N4. The van der Waals surface area contributed by atoms with Gasteiger partial charge in [-0.05, 0) is 44.7 Å². The molecule has 1 aliphatic rings. The van der Waals surface area contributed by atoms with Crippen molar-refractivity contribution in [1.29, 1.82) is 0 Å². The Kier molecular flexibility index (Phi) is 9.15. The van der Waals surface area contributed by atoms with Crippen molar-refractivity contribution in [3.8, 4) is 0 Å². The van der Waals surface area contributed by atoms with Gasteiger partial charge in [-0.15, -0.1) is 6.58 Å². The summed E-state index contributed by atoms with van der Waals surface area (Å²) in [6, 6.07) is 0. The Morgan fingerprint density at radius 3 is 2.86 bits per heavy atom. The van der Waals surface area contributed by atoms with E-state index in [0.717, 1.165) is 31.4 Å². The molecule has 1 unspecified atom stereocenters. The average Bonchev–Trinajstić information content (AvgIpc) is 2.95. The quantitative estimate of drug-likeness (QED) is 0.307. The van der Waals surface area contributed by atoms with Gasteiger partial charge in [-0.25, -0.2) is 0 Å². The summed E-state index contributed by atoms with van der Waals surface area (Å²) in [6.45, 7) is 11.8. The van der Waals surface area contributed by atoms with Crippen LogP contribution in [0.4, 0.5) is 0 Å². The van der Waals surface area contributed by atoms with Crippen LogP contribution in [-0.2, 0) is 0 Å². The number of nitrogens with zero attached hydrogens (tertiary/aromatic N) is 3. The molecular weight excluding hydrogens is 260 g/mol. The molecule has 0 amide bonds. The van der Waals surface area contributed by atoms with E-state index in [1.165, 1.54) is 45.3 Å². The molecule has 0 aromatic carbocycles. The molecule has 0 aromatic rings. The molecule has 0 bridgehead atoms. The number of nitrogens with one attached hydrogen (secondary N) is 1. The third-order valence-electron chi connectivity index (χ3n) is 4.34. The Morgan fingerprint density at radius 1 is 1.43 bits per heavy atom. The number of hydrogen-bond acceptors (Lipinski definition) is 2. The molecule has 4 heteroatoms. The molecule has 4 nitrogen and oxygen atoms in total. The highest BCUT2D eigenvalue weighted by Gasteiger charge is 2.21. The Labute approximate surface area is 131 Å². The van der Waals surface area contributed by atoms with E-state index in [2.05, 4.69) is 40.7 Å². The van der Waals surface area contributed by atoms with Crippen molar-refractivity contribution in [2.45, 2.75) is 39.0 Å².